The summed E-state index contributed by atoms with van der Waals surface area (Å²) in [6.45, 7) is 7.39. The monoisotopic (exact) mass is 507 g/mol. The Kier molecular flexibility index (Phi) is 9.94. The Hall–Kier alpha value is -2.58. The lowest BCUT2D eigenvalue weighted by Gasteiger charge is -2.33. The lowest BCUT2D eigenvalue weighted by molar-refractivity contribution is -0.140. The molecule has 0 saturated heterocycles. The highest BCUT2D eigenvalue weighted by Crippen LogP contribution is 2.23. The first-order chi connectivity index (χ1) is 16.0. The second kappa shape index (κ2) is 12.2. The van der Waals surface area contributed by atoms with Gasteiger partial charge in [0.2, 0.25) is 21.8 Å². The van der Waals surface area contributed by atoms with Crippen LogP contribution in [-0.2, 0) is 26.2 Å². The van der Waals surface area contributed by atoms with Crippen molar-refractivity contribution in [2.24, 2.45) is 0 Å². The molecular weight excluding hydrogens is 474 g/mol. The largest absolute Gasteiger partial charge is 0.352 e. The van der Waals surface area contributed by atoms with Crippen molar-refractivity contribution in [3.8, 4) is 0 Å². The van der Waals surface area contributed by atoms with E-state index in [1.165, 1.54) is 11.0 Å². The fraction of sp³-hybridized carbons (Fsp3) is 0.440. The van der Waals surface area contributed by atoms with E-state index >= 15 is 0 Å². The van der Waals surface area contributed by atoms with Gasteiger partial charge in [-0.15, -0.1) is 0 Å². The zero-order valence-electron chi connectivity index (χ0n) is 20.4. The standard InChI is InChI=1S/C25H34ClN3O4S/c1-6-19(4)27-25(31)23(7-2)28(16-20-12-9-8-11-18(20)3)24(30)17-29(34(5,32)33)22-14-10-13-21(26)15-22/h8-15,19,23H,6-7,16-17H2,1-5H3,(H,27,31)/t19-,23+/m0/s1. The average molecular weight is 508 g/mol. The summed E-state index contributed by atoms with van der Waals surface area (Å²) in [5, 5.41) is 3.31. The quantitative estimate of drug-likeness (QED) is 0.495. The number of benzene rings is 2. The lowest BCUT2D eigenvalue weighted by Crippen LogP contribution is -2.53. The number of aryl methyl sites for hydroxylation is 1. The van der Waals surface area contributed by atoms with Crippen LogP contribution in [-0.4, -0.2) is 50.0 Å². The molecule has 7 nitrogen and oxygen atoms in total. The number of sulfonamides is 1. The number of amides is 2. The van der Waals surface area contributed by atoms with Crippen molar-refractivity contribution in [3.63, 3.8) is 0 Å². The molecule has 1 N–H and O–H groups in total. The highest BCUT2D eigenvalue weighted by Gasteiger charge is 2.32. The first kappa shape index (κ1) is 27.7. The number of anilines is 1. The number of halogens is 1. The van der Waals surface area contributed by atoms with Gasteiger partial charge in [-0.05, 0) is 56.0 Å². The molecule has 34 heavy (non-hydrogen) atoms. The Morgan fingerprint density at radius 3 is 2.29 bits per heavy atom. The fourth-order valence-corrected chi connectivity index (χ4v) is 4.60. The van der Waals surface area contributed by atoms with Crippen LogP contribution in [0.1, 0.15) is 44.7 Å². The highest BCUT2D eigenvalue weighted by atomic mass is 35.5. The fourth-order valence-electron chi connectivity index (χ4n) is 3.58. The third kappa shape index (κ3) is 7.46. The number of carbonyl (C=O) groups is 2. The van der Waals surface area contributed by atoms with Gasteiger partial charge in [-0.25, -0.2) is 8.42 Å². The first-order valence-corrected chi connectivity index (χ1v) is 13.6. The molecule has 2 aromatic rings. The van der Waals surface area contributed by atoms with Gasteiger partial charge in [0.1, 0.15) is 12.6 Å². The van der Waals surface area contributed by atoms with Gasteiger partial charge in [0, 0.05) is 17.6 Å². The third-order valence-corrected chi connectivity index (χ3v) is 7.14. The van der Waals surface area contributed by atoms with Gasteiger partial charge in [-0.1, -0.05) is 55.8 Å². The minimum Gasteiger partial charge on any atom is -0.352 e. The van der Waals surface area contributed by atoms with Crippen molar-refractivity contribution in [1.29, 1.82) is 0 Å². The molecule has 2 aromatic carbocycles. The Bertz CT molecular complexity index is 1110. The van der Waals surface area contributed by atoms with Gasteiger partial charge >= 0.3 is 0 Å². The van der Waals surface area contributed by atoms with E-state index in [9.17, 15) is 18.0 Å². The topological polar surface area (TPSA) is 86.8 Å². The van der Waals surface area contributed by atoms with Crippen molar-refractivity contribution in [2.45, 2.75) is 59.2 Å². The number of hydrogen-bond acceptors (Lipinski definition) is 4. The Morgan fingerprint density at radius 1 is 1.06 bits per heavy atom. The van der Waals surface area contributed by atoms with E-state index in [0.717, 1.165) is 28.1 Å². The number of rotatable bonds is 11. The molecule has 0 bridgehead atoms. The number of carbonyl (C=O) groups excluding carboxylic acids is 2. The second-order valence-electron chi connectivity index (χ2n) is 8.44. The van der Waals surface area contributed by atoms with Gasteiger partial charge in [0.25, 0.3) is 0 Å². The molecule has 0 aliphatic rings. The van der Waals surface area contributed by atoms with Gasteiger partial charge in [-0.3, -0.25) is 13.9 Å². The Labute approximate surface area is 208 Å². The molecule has 0 heterocycles. The number of nitrogens with one attached hydrogen (secondary N) is 1. The van der Waals surface area contributed by atoms with Crippen molar-refractivity contribution in [1.82, 2.24) is 10.2 Å². The molecule has 0 unspecified atom stereocenters. The summed E-state index contributed by atoms with van der Waals surface area (Å²) in [5.41, 5.74) is 2.16. The van der Waals surface area contributed by atoms with Crippen LogP contribution in [0.15, 0.2) is 48.5 Å². The van der Waals surface area contributed by atoms with Gasteiger partial charge in [0.05, 0.1) is 11.9 Å². The van der Waals surface area contributed by atoms with E-state index in [4.69, 9.17) is 11.6 Å². The SMILES string of the molecule is CC[C@H](C(=O)N[C@@H](C)CC)N(Cc1ccccc1C)C(=O)CN(c1cccc(Cl)c1)S(C)(=O)=O. The average Bonchev–Trinajstić information content (AvgIpc) is 2.77. The molecule has 0 aromatic heterocycles. The van der Waals surface area contributed by atoms with E-state index in [0.29, 0.717) is 11.4 Å². The summed E-state index contributed by atoms with van der Waals surface area (Å²) in [4.78, 5) is 28.2. The molecule has 0 radical (unpaired) electrons. The molecule has 0 aliphatic heterocycles. The highest BCUT2D eigenvalue weighted by molar-refractivity contribution is 7.92. The molecule has 9 heteroatoms. The van der Waals surface area contributed by atoms with Crippen LogP contribution in [0.3, 0.4) is 0 Å². The van der Waals surface area contributed by atoms with E-state index in [2.05, 4.69) is 5.32 Å². The Morgan fingerprint density at radius 2 is 1.74 bits per heavy atom. The molecule has 0 spiro atoms. The van der Waals surface area contributed by atoms with Crippen LogP contribution >= 0.6 is 11.6 Å². The van der Waals surface area contributed by atoms with Crippen LogP contribution in [0.5, 0.6) is 0 Å². The lowest BCUT2D eigenvalue weighted by atomic mass is 10.1. The van der Waals surface area contributed by atoms with Gasteiger partial charge in [-0.2, -0.15) is 0 Å². The molecule has 2 atom stereocenters. The van der Waals surface area contributed by atoms with Gasteiger partial charge < -0.3 is 10.2 Å². The van der Waals surface area contributed by atoms with E-state index in [-0.39, 0.29) is 24.2 Å². The van der Waals surface area contributed by atoms with Crippen molar-refractivity contribution >= 4 is 39.1 Å². The van der Waals surface area contributed by atoms with Crippen molar-refractivity contribution < 1.29 is 18.0 Å². The minimum absolute atomic E-state index is 0.0454. The molecule has 2 rings (SSSR count). The molecule has 186 valence electrons. The second-order valence-corrected chi connectivity index (χ2v) is 10.8. The van der Waals surface area contributed by atoms with E-state index in [1.807, 2.05) is 52.0 Å². The molecule has 0 aliphatic carbocycles. The summed E-state index contributed by atoms with van der Waals surface area (Å²) in [6.07, 6.45) is 2.18. The maximum absolute atomic E-state index is 13.6. The predicted octanol–water partition coefficient (Wildman–Crippen LogP) is 4.14. The maximum Gasteiger partial charge on any atom is 0.244 e. The van der Waals surface area contributed by atoms with Crippen LogP contribution in [0, 0.1) is 6.92 Å². The van der Waals surface area contributed by atoms with Crippen molar-refractivity contribution in [3.05, 3.63) is 64.7 Å². The smallest absolute Gasteiger partial charge is 0.244 e. The Balaban J connectivity index is 2.45. The zero-order chi connectivity index (χ0) is 25.5. The minimum atomic E-state index is -3.79. The molecule has 0 fully saturated rings. The van der Waals surface area contributed by atoms with E-state index in [1.54, 1.807) is 18.2 Å². The number of hydrogen-bond donors (Lipinski definition) is 1. The summed E-state index contributed by atoms with van der Waals surface area (Å²) in [7, 11) is -3.79. The number of nitrogens with zero attached hydrogens (tertiary/aromatic N) is 2. The van der Waals surface area contributed by atoms with Crippen LogP contribution in [0.25, 0.3) is 0 Å². The maximum atomic E-state index is 13.6. The molecule has 2 amide bonds. The van der Waals surface area contributed by atoms with Crippen LogP contribution in [0.4, 0.5) is 5.69 Å². The van der Waals surface area contributed by atoms with Crippen LogP contribution < -0.4 is 9.62 Å². The molecule has 0 saturated carbocycles. The zero-order valence-corrected chi connectivity index (χ0v) is 22.0. The van der Waals surface area contributed by atoms with E-state index < -0.39 is 28.5 Å². The first-order valence-electron chi connectivity index (χ1n) is 11.4. The van der Waals surface area contributed by atoms with Gasteiger partial charge in [0.15, 0.2) is 0 Å². The molecular formula is C25H34ClN3O4S. The summed E-state index contributed by atoms with van der Waals surface area (Å²) in [6, 6.07) is 13.2. The summed E-state index contributed by atoms with van der Waals surface area (Å²) < 4.78 is 26.2. The van der Waals surface area contributed by atoms with Crippen LogP contribution in [0.2, 0.25) is 5.02 Å². The van der Waals surface area contributed by atoms with Crippen molar-refractivity contribution in [2.75, 3.05) is 17.1 Å². The summed E-state index contributed by atoms with van der Waals surface area (Å²) >= 11 is 6.07. The summed E-state index contributed by atoms with van der Waals surface area (Å²) in [5.74, 6) is -0.729. The normalized spacial score (nSPS) is 13.1. The predicted molar refractivity (Wildman–Crippen MR) is 137 cm³/mol. The third-order valence-electron chi connectivity index (χ3n) is 5.76.